The van der Waals surface area contributed by atoms with E-state index < -0.39 is 0 Å². The molecule has 0 fully saturated rings. The Hall–Kier alpha value is -1.64. The van der Waals surface area contributed by atoms with E-state index in [0.717, 1.165) is 6.54 Å². The SMILES string of the molecule is Cc1cccc(CN(C)C(c2cccc(C)c2)C(C)N)c1. The van der Waals surface area contributed by atoms with Gasteiger partial charge >= 0.3 is 0 Å². The summed E-state index contributed by atoms with van der Waals surface area (Å²) in [6.45, 7) is 7.25. The highest BCUT2D eigenvalue weighted by atomic mass is 15.1. The second-order valence-electron chi connectivity index (χ2n) is 6.12. The summed E-state index contributed by atoms with van der Waals surface area (Å²) < 4.78 is 0. The minimum atomic E-state index is 0.0848. The third-order valence-electron chi connectivity index (χ3n) is 3.87. The highest BCUT2D eigenvalue weighted by molar-refractivity contribution is 5.27. The average Bonchev–Trinajstić information content (AvgIpc) is 2.38. The lowest BCUT2D eigenvalue weighted by Crippen LogP contribution is -2.37. The molecule has 0 amide bonds. The van der Waals surface area contributed by atoms with Crippen LogP contribution in [0.15, 0.2) is 48.5 Å². The predicted molar refractivity (Wildman–Crippen MR) is 90.2 cm³/mol. The van der Waals surface area contributed by atoms with Crippen LogP contribution in [0.3, 0.4) is 0 Å². The van der Waals surface area contributed by atoms with Crippen molar-refractivity contribution in [3.63, 3.8) is 0 Å². The molecule has 0 aliphatic rings. The molecule has 112 valence electrons. The maximum absolute atomic E-state index is 6.26. The monoisotopic (exact) mass is 282 g/mol. The molecule has 0 aliphatic carbocycles. The summed E-state index contributed by atoms with van der Waals surface area (Å²) in [7, 11) is 2.15. The van der Waals surface area contributed by atoms with Gasteiger partial charge in [-0.3, -0.25) is 4.90 Å². The van der Waals surface area contributed by atoms with Crippen molar-refractivity contribution >= 4 is 0 Å². The van der Waals surface area contributed by atoms with Gasteiger partial charge in [-0.15, -0.1) is 0 Å². The first kappa shape index (κ1) is 15.7. The van der Waals surface area contributed by atoms with E-state index in [0.29, 0.717) is 0 Å². The molecule has 2 rings (SSSR count). The summed E-state index contributed by atoms with van der Waals surface area (Å²) in [6, 6.07) is 17.6. The van der Waals surface area contributed by atoms with Crippen LogP contribution in [0.25, 0.3) is 0 Å². The van der Waals surface area contributed by atoms with Gasteiger partial charge in [-0.1, -0.05) is 59.7 Å². The van der Waals surface area contributed by atoms with Crippen molar-refractivity contribution in [2.24, 2.45) is 5.73 Å². The molecule has 2 heteroatoms. The van der Waals surface area contributed by atoms with Crippen molar-refractivity contribution in [2.45, 2.75) is 39.4 Å². The smallest absolute Gasteiger partial charge is 0.0497 e. The summed E-state index contributed by atoms with van der Waals surface area (Å²) in [5, 5.41) is 0. The molecule has 0 aromatic heterocycles. The number of hydrogen-bond acceptors (Lipinski definition) is 2. The van der Waals surface area contributed by atoms with E-state index in [1.807, 2.05) is 0 Å². The highest BCUT2D eigenvalue weighted by Gasteiger charge is 2.21. The van der Waals surface area contributed by atoms with Gasteiger partial charge in [0.15, 0.2) is 0 Å². The number of benzene rings is 2. The van der Waals surface area contributed by atoms with Crippen LogP contribution >= 0.6 is 0 Å². The number of nitrogens with zero attached hydrogens (tertiary/aromatic N) is 1. The topological polar surface area (TPSA) is 29.3 Å². The minimum Gasteiger partial charge on any atom is -0.326 e. The fourth-order valence-electron chi connectivity index (χ4n) is 3.01. The molecule has 0 saturated heterocycles. The van der Waals surface area contributed by atoms with Crippen molar-refractivity contribution in [1.82, 2.24) is 4.90 Å². The van der Waals surface area contributed by atoms with Crippen LogP contribution in [0.5, 0.6) is 0 Å². The summed E-state index contributed by atoms with van der Waals surface area (Å²) >= 11 is 0. The number of aryl methyl sites for hydroxylation is 2. The van der Waals surface area contributed by atoms with Crippen LogP contribution in [0.4, 0.5) is 0 Å². The Morgan fingerprint density at radius 1 is 1.00 bits per heavy atom. The van der Waals surface area contributed by atoms with E-state index >= 15 is 0 Å². The summed E-state index contributed by atoms with van der Waals surface area (Å²) in [4.78, 5) is 2.34. The van der Waals surface area contributed by atoms with Crippen LogP contribution in [-0.2, 0) is 6.54 Å². The van der Waals surface area contributed by atoms with E-state index in [4.69, 9.17) is 5.73 Å². The fourth-order valence-corrected chi connectivity index (χ4v) is 3.01. The van der Waals surface area contributed by atoms with Crippen molar-refractivity contribution in [3.05, 3.63) is 70.8 Å². The Bertz CT molecular complexity index is 590. The zero-order valence-corrected chi connectivity index (χ0v) is 13.5. The first-order chi connectivity index (χ1) is 9.97. The first-order valence-corrected chi connectivity index (χ1v) is 7.55. The Balaban J connectivity index is 2.22. The normalized spacial score (nSPS) is 14.2. The quantitative estimate of drug-likeness (QED) is 0.903. The van der Waals surface area contributed by atoms with E-state index in [2.05, 4.69) is 81.2 Å². The zero-order chi connectivity index (χ0) is 15.4. The molecule has 21 heavy (non-hydrogen) atoms. The molecule has 2 unspecified atom stereocenters. The number of hydrogen-bond donors (Lipinski definition) is 1. The second kappa shape index (κ2) is 6.88. The Labute approximate surface area is 128 Å². The molecule has 0 heterocycles. The van der Waals surface area contributed by atoms with E-state index in [1.54, 1.807) is 0 Å². The molecule has 2 N–H and O–H groups in total. The highest BCUT2D eigenvalue weighted by Crippen LogP contribution is 2.24. The Morgan fingerprint density at radius 3 is 2.19 bits per heavy atom. The van der Waals surface area contributed by atoms with E-state index in [9.17, 15) is 0 Å². The predicted octanol–water partition coefficient (Wildman–Crippen LogP) is 3.82. The van der Waals surface area contributed by atoms with Crippen LogP contribution in [0.2, 0.25) is 0 Å². The second-order valence-corrected chi connectivity index (χ2v) is 6.12. The van der Waals surface area contributed by atoms with Crippen LogP contribution < -0.4 is 5.73 Å². The summed E-state index contributed by atoms with van der Waals surface area (Å²) in [6.07, 6.45) is 0. The average molecular weight is 282 g/mol. The van der Waals surface area contributed by atoms with Gasteiger partial charge in [-0.25, -0.2) is 0 Å². The number of nitrogens with two attached hydrogens (primary N) is 1. The van der Waals surface area contributed by atoms with Gasteiger partial charge in [0.2, 0.25) is 0 Å². The first-order valence-electron chi connectivity index (χ1n) is 7.55. The summed E-state index contributed by atoms with van der Waals surface area (Å²) in [5.74, 6) is 0. The lowest BCUT2D eigenvalue weighted by atomic mass is 9.97. The molecule has 0 spiro atoms. The zero-order valence-electron chi connectivity index (χ0n) is 13.5. The molecule has 0 radical (unpaired) electrons. The lowest BCUT2D eigenvalue weighted by molar-refractivity contribution is 0.211. The molecule has 2 atom stereocenters. The van der Waals surface area contributed by atoms with E-state index in [-0.39, 0.29) is 12.1 Å². The standard InChI is InChI=1S/C19H26N2/c1-14-7-5-9-17(11-14)13-21(4)19(16(3)20)18-10-6-8-15(2)12-18/h5-12,16,19H,13,20H2,1-4H3. The number of likely N-dealkylation sites (N-methyl/N-ethyl adjacent to an activating group) is 1. The Morgan fingerprint density at radius 2 is 1.62 bits per heavy atom. The molecule has 2 aromatic carbocycles. The van der Waals surface area contributed by atoms with Gasteiger partial charge in [-0.2, -0.15) is 0 Å². The van der Waals surface area contributed by atoms with Crippen molar-refractivity contribution in [1.29, 1.82) is 0 Å². The lowest BCUT2D eigenvalue weighted by Gasteiger charge is -2.32. The maximum atomic E-state index is 6.26. The van der Waals surface area contributed by atoms with Crippen LogP contribution in [-0.4, -0.2) is 18.0 Å². The fraction of sp³-hybridized carbons (Fsp3) is 0.368. The largest absolute Gasteiger partial charge is 0.326 e. The molecule has 0 saturated carbocycles. The molecule has 2 aromatic rings. The molecule has 0 bridgehead atoms. The minimum absolute atomic E-state index is 0.0848. The van der Waals surface area contributed by atoms with Gasteiger partial charge in [0.25, 0.3) is 0 Å². The summed E-state index contributed by atoms with van der Waals surface area (Å²) in [5.41, 5.74) is 11.5. The van der Waals surface area contributed by atoms with Gasteiger partial charge in [0.1, 0.15) is 0 Å². The van der Waals surface area contributed by atoms with Crippen molar-refractivity contribution in [2.75, 3.05) is 7.05 Å². The van der Waals surface area contributed by atoms with E-state index in [1.165, 1.54) is 22.3 Å². The van der Waals surface area contributed by atoms with Gasteiger partial charge in [0, 0.05) is 18.6 Å². The van der Waals surface area contributed by atoms with Crippen LogP contribution in [0.1, 0.15) is 35.2 Å². The van der Waals surface area contributed by atoms with Gasteiger partial charge in [0.05, 0.1) is 0 Å². The third-order valence-corrected chi connectivity index (χ3v) is 3.87. The third kappa shape index (κ3) is 4.16. The Kier molecular flexibility index (Phi) is 5.16. The van der Waals surface area contributed by atoms with Gasteiger partial charge in [-0.05, 0) is 38.9 Å². The molecular formula is C19H26N2. The molecule has 2 nitrogen and oxygen atoms in total. The number of rotatable bonds is 5. The molecule has 0 aliphatic heterocycles. The molecular weight excluding hydrogens is 256 g/mol. The van der Waals surface area contributed by atoms with Crippen LogP contribution in [0, 0.1) is 13.8 Å². The van der Waals surface area contributed by atoms with Crippen molar-refractivity contribution in [3.8, 4) is 0 Å². The van der Waals surface area contributed by atoms with Gasteiger partial charge < -0.3 is 5.73 Å². The maximum Gasteiger partial charge on any atom is 0.0497 e. The van der Waals surface area contributed by atoms with Crippen molar-refractivity contribution < 1.29 is 0 Å².